The molecular formula is C20H17NO2. The monoisotopic (exact) mass is 303 g/mol. The lowest BCUT2D eigenvalue weighted by Gasteiger charge is -2.30. The Morgan fingerprint density at radius 1 is 0.696 bits per heavy atom. The third-order valence-corrected chi connectivity index (χ3v) is 3.71. The van der Waals surface area contributed by atoms with Crippen molar-refractivity contribution in [3.63, 3.8) is 0 Å². The molecule has 0 bridgehead atoms. The van der Waals surface area contributed by atoms with Crippen LogP contribution < -0.4 is 5.32 Å². The highest BCUT2D eigenvalue weighted by atomic mass is 16.3. The van der Waals surface area contributed by atoms with E-state index in [0.717, 1.165) is 0 Å². The third-order valence-electron chi connectivity index (χ3n) is 3.71. The average molecular weight is 303 g/mol. The molecule has 3 nitrogen and oxygen atoms in total. The lowest BCUT2D eigenvalue weighted by Crippen LogP contribution is -2.46. The molecule has 2 N–H and O–H groups in total. The predicted molar refractivity (Wildman–Crippen MR) is 89.8 cm³/mol. The van der Waals surface area contributed by atoms with Gasteiger partial charge >= 0.3 is 0 Å². The van der Waals surface area contributed by atoms with Gasteiger partial charge in [-0.15, -0.1) is 0 Å². The Hall–Kier alpha value is -2.91. The number of benzene rings is 3. The first kappa shape index (κ1) is 15.0. The Balaban J connectivity index is 2.01. The highest BCUT2D eigenvalue weighted by molar-refractivity contribution is 5.94. The van der Waals surface area contributed by atoms with Crippen molar-refractivity contribution in [1.29, 1.82) is 0 Å². The molecule has 0 aliphatic carbocycles. The zero-order valence-corrected chi connectivity index (χ0v) is 12.5. The molecule has 3 aromatic rings. The van der Waals surface area contributed by atoms with Crippen molar-refractivity contribution in [2.24, 2.45) is 0 Å². The summed E-state index contributed by atoms with van der Waals surface area (Å²) in [4.78, 5) is 12.5. The zero-order valence-electron chi connectivity index (χ0n) is 12.5. The van der Waals surface area contributed by atoms with Crippen LogP contribution in [-0.2, 0) is 5.72 Å². The quantitative estimate of drug-likeness (QED) is 0.727. The Morgan fingerprint density at radius 2 is 1.09 bits per heavy atom. The number of hydrogen-bond acceptors (Lipinski definition) is 2. The number of carbonyl (C=O) groups is 1. The van der Waals surface area contributed by atoms with Crippen molar-refractivity contribution in [2.45, 2.75) is 5.72 Å². The maximum Gasteiger partial charge on any atom is 0.254 e. The van der Waals surface area contributed by atoms with E-state index in [1.807, 2.05) is 42.5 Å². The number of nitrogens with one attached hydrogen (secondary N) is 1. The fourth-order valence-electron chi connectivity index (χ4n) is 2.50. The van der Waals surface area contributed by atoms with Crippen LogP contribution in [0.5, 0.6) is 0 Å². The van der Waals surface area contributed by atoms with E-state index in [1.54, 1.807) is 48.5 Å². The summed E-state index contributed by atoms with van der Waals surface area (Å²) in [6.45, 7) is 0. The predicted octanol–water partition coefficient (Wildman–Crippen LogP) is 3.31. The molecular weight excluding hydrogens is 286 g/mol. The van der Waals surface area contributed by atoms with E-state index in [0.29, 0.717) is 16.7 Å². The standard InChI is InChI=1S/C20H17NO2/c22-19(16-10-4-1-5-11-16)21-20(23,17-12-6-2-7-13-17)18-14-8-3-9-15-18/h1-15,23H,(H,21,22). The number of hydrogen-bond donors (Lipinski definition) is 2. The molecule has 23 heavy (non-hydrogen) atoms. The van der Waals surface area contributed by atoms with E-state index >= 15 is 0 Å². The molecule has 0 saturated heterocycles. The Labute approximate surface area is 135 Å². The van der Waals surface area contributed by atoms with E-state index in [2.05, 4.69) is 5.32 Å². The largest absolute Gasteiger partial charge is 0.363 e. The van der Waals surface area contributed by atoms with Gasteiger partial charge in [0.1, 0.15) is 0 Å². The molecule has 0 radical (unpaired) electrons. The van der Waals surface area contributed by atoms with Crippen LogP contribution >= 0.6 is 0 Å². The summed E-state index contributed by atoms with van der Waals surface area (Å²) in [6.07, 6.45) is 0. The summed E-state index contributed by atoms with van der Waals surface area (Å²) >= 11 is 0. The Bertz CT molecular complexity index is 731. The summed E-state index contributed by atoms with van der Waals surface area (Å²) in [7, 11) is 0. The summed E-state index contributed by atoms with van der Waals surface area (Å²) in [5.74, 6) is -0.333. The zero-order chi connectivity index (χ0) is 16.1. The summed E-state index contributed by atoms with van der Waals surface area (Å²) in [6, 6.07) is 27.1. The average Bonchev–Trinajstić information content (AvgIpc) is 2.64. The molecule has 0 aromatic heterocycles. The lowest BCUT2D eigenvalue weighted by molar-refractivity contribution is 0.0367. The van der Waals surface area contributed by atoms with Gasteiger partial charge in [-0.25, -0.2) is 0 Å². The highest BCUT2D eigenvalue weighted by Gasteiger charge is 2.33. The van der Waals surface area contributed by atoms with Crippen molar-refractivity contribution in [1.82, 2.24) is 5.32 Å². The first-order valence-electron chi connectivity index (χ1n) is 7.41. The molecule has 0 aliphatic heterocycles. The molecule has 0 aliphatic rings. The van der Waals surface area contributed by atoms with Crippen LogP contribution in [0.1, 0.15) is 21.5 Å². The SMILES string of the molecule is O=C(NC(O)(c1ccccc1)c1ccccc1)c1ccccc1. The second-order valence-corrected chi connectivity index (χ2v) is 5.26. The summed E-state index contributed by atoms with van der Waals surface area (Å²) < 4.78 is 0. The van der Waals surface area contributed by atoms with Crippen LogP contribution in [0.4, 0.5) is 0 Å². The Kier molecular flexibility index (Phi) is 4.22. The van der Waals surface area contributed by atoms with Crippen LogP contribution in [0, 0.1) is 0 Å². The number of amides is 1. The molecule has 114 valence electrons. The van der Waals surface area contributed by atoms with Crippen molar-refractivity contribution in [3.05, 3.63) is 108 Å². The summed E-state index contributed by atoms with van der Waals surface area (Å²) in [5.41, 5.74) is 0.124. The lowest BCUT2D eigenvalue weighted by atomic mass is 9.94. The van der Waals surface area contributed by atoms with Gasteiger partial charge in [-0.05, 0) is 12.1 Å². The number of carbonyl (C=O) groups excluding carboxylic acids is 1. The van der Waals surface area contributed by atoms with Crippen molar-refractivity contribution in [2.75, 3.05) is 0 Å². The number of aliphatic hydroxyl groups is 1. The maximum absolute atomic E-state index is 12.5. The molecule has 0 atom stereocenters. The molecule has 1 amide bonds. The van der Waals surface area contributed by atoms with E-state index in [1.165, 1.54) is 0 Å². The van der Waals surface area contributed by atoms with E-state index in [4.69, 9.17) is 0 Å². The molecule has 0 spiro atoms. The van der Waals surface area contributed by atoms with Gasteiger partial charge in [-0.3, -0.25) is 4.79 Å². The van der Waals surface area contributed by atoms with Gasteiger partial charge < -0.3 is 10.4 Å². The molecule has 3 heteroatoms. The topological polar surface area (TPSA) is 49.3 Å². The van der Waals surface area contributed by atoms with Gasteiger partial charge in [0.2, 0.25) is 0 Å². The van der Waals surface area contributed by atoms with E-state index < -0.39 is 5.72 Å². The van der Waals surface area contributed by atoms with E-state index in [9.17, 15) is 9.90 Å². The fourth-order valence-corrected chi connectivity index (χ4v) is 2.50. The van der Waals surface area contributed by atoms with Crippen LogP contribution in [0.3, 0.4) is 0 Å². The van der Waals surface area contributed by atoms with Crippen molar-refractivity contribution in [3.8, 4) is 0 Å². The minimum Gasteiger partial charge on any atom is -0.363 e. The second-order valence-electron chi connectivity index (χ2n) is 5.26. The minimum absolute atomic E-state index is 0.333. The molecule has 3 rings (SSSR count). The molecule has 0 fully saturated rings. The highest BCUT2D eigenvalue weighted by Crippen LogP contribution is 2.27. The first-order chi connectivity index (χ1) is 11.2. The Morgan fingerprint density at radius 3 is 1.52 bits per heavy atom. The third kappa shape index (κ3) is 3.15. The summed E-state index contributed by atoms with van der Waals surface area (Å²) in [5, 5.41) is 14.0. The molecule has 3 aromatic carbocycles. The van der Waals surface area contributed by atoms with Gasteiger partial charge in [0.25, 0.3) is 5.91 Å². The van der Waals surface area contributed by atoms with Crippen molar-refractivity contribution < 1.29 is 9.90 Å². The maximum atomic E-state index is 12.5. The van der Waals surface area contributed by atoms with Gasteiger partial charge in [0.05, 0.1) is 0 Å². The fraction of sp³-hybridized carbons (Fsp3) is 0.0500. The van der Waals surface area contributed by atoms with Gasteiger partial charge in [0.15, 0.2) is 5.72 Å². The van der Waals surface area contributed by atoms with Crippen molar-refractivity contribution >= 4 is 5.91 Å². The smallest absolute Gasteiger partial charge is 0.254 e. The molecule has 0 heterocycles. The van der Waals surface area contributed by atoms with Gasteiger partial charge in [-0.1, -0.05) is 78.9 Å². The van der Waals surface area contributed by atoms with Gasteiger partial charge in [-0.2, -0.15) is 0 Å². The van der Waals surface area contributed by atoms with Crippen LogP contribution in [0.2, 0.25) is 0 Å². The van der Waals surface area contributed by atoms with Crippen LogP contribution in [-0.4, -0.2) is 11.0 Å². The van der Waals surface area contributed by atoms with Gasteiger partial charge in [0, 0.05) is 16.7 Å². The van der Waals surface area contributed by atoms with E-state index in [-0.39, 0.29) is 5.91 Å². The normalized spacial score (nSPS) is 11.0. The molecule has 0 unspecified atom stereocenters. The minimum atomic E-state index is -1.59. The second kappa shape index (κ2) is 6.46. The molecule has 0 saturated carbocycles. The van der Waals surface area contributed by atoms with Crippen LogP contribution in [0.25, 0.3) is 0 Å². The first-order valence-corrected chi connectivity index (χ1v) is 7.41. The number of rotatable bonds is 4. The van der Waals surface area contributed by atoms with Crippen LogP contribution in [0.15, 0.2) is 91.0 Å².